The average molecular weight is 594 g/mol. The minimum Gasteiger partial charge on any atom is -0.322 e. The lowest BCUT2D eigenvalue weighted by Gasteiger charge is -2.16. The normalized spacial score (nSPS) is 11.6. The van der Waals surface area contributed by atoms with Gasteiger partial charge in [0.2, 0.25) is 0 Å². The van der Waals surface area contributed by atoms with Crippen molar-refractivity contribution < 1.29 is 18.0 Å². The summed E-state index contributed by atoms with van der Waals surface area (Å²) in [6.45, 7) is 5.42. The maximum Gasteiger partial charge on any atom is 0.416 e. The van der Waals surface area contributed by atoms with E-state index in [1.807, 2.05) is 50.2 Å². The van der Waals surface area contributed by atoms with Crippen molar-refractivity contribution in [1.82, 2.24) is 19.1 Å². The van der Waals surface area contributed by atoms with E-state index in [2.05, 4.69) is 15.3 Å². The molecule has 220 valence electrons. The highest BCUT2D eigenvalue weighted by Gasteiger charge is 2.32. The summed E-state index contributed by atoms with van der Waals surface area (Å²) < 4.78 is 44.4. The zero-order chi connectivity index (χ0) is 31.2. The summed E-state index contributed by atoms with van der Waals surface area (Å²) >= 11 is 0. The second kappa shape index (κ2) is 11.0. The molecular weight excluding hydrogens is 567 g/mol. The molecule has 0 aliphatic carbocycles. The number of para-hydroxylation sites is 1. The first kappa shape index (κ1) is 28.6. The van der Waals surface area contributed by atoms with Crippen molar-refractivity contribution >= 4 is 22.5 Å². The third kappa shape index (κ3) is 5.49. The van der Waals surface area contributed by atoms with Crippen molar-refractivity contribution in [3.8, 4) is 22.5 Å². The predicted molar refractivity (Wildman–Crippen MR) is 164 cm³/mol. The van der Waals surface area contributed by atoms with Crippen LogP contribution in [0.3, 0.4) is 0 Å². The standard InChI is InChI=1S/C34H26F3N5O2/c1-20-9-10-26(40-32(43)23-12-25(34(35,36)37)15-28(13-23)41-18-22(3)39-19-41)16-29(20)30-14-24-17-38-21(2)11-31(24)42(33(30)44)27-7-5-4-6-8-27/h4-19H,1-3H3,(H,40,43). The Labute approximate surface area is 250 Å². The van der Waals surface area contributed by atoms with Crippen LogP contribution in [0.15, 0.2) is 102 Å². The maximum atomic E-state index is 14.0. The highest BCUT2D eigenvalue weighted by Crippen LogP contribution is 2.33. The molecule has 0 saturated heterocycles. The first-order valence-electron chi connectivity index (χ1n) is 13.7. The Balaban J connectivity index is 1.43. The molecule has 0 spiro atoms. The van der Waals surface area contributed by atoms with E-state index in [9.17, 15) is 22.8 Å². The van der Waals surface area contributed by atoms with E-state index in [4.69, 9.17) is 0 Å². The van der Waals surface area contributed by atoms with Crippen LogP contribution < -0.4 is 10.9 Å². The SMILES string of the molecule is Cc1cc2c(cn1)cc(-c1cc(NC(=O)c3cc(-n4cnc(C)c4)cc(C(F)(F)F)c3)ccc1C)c(=O)n2-c1ccccc1. The third-order valence-electron chi connectivity index (χ3n) is 7.34. The lowest BCUT2D eigenvalue weighted by Crippen LogP contribution is -2.21. The number of nitrogens with zero attached hydrogens (tertiary/aromatic N) is 4. The molecule has 3 heterocycles. The summed E-state index contributed by atoms with van der Waals surface area (Å²) in [7, 11) is 0. The summed E-state index contributed by atoms with van der Waals surface area (Å²) in [5, 5.41) is 3.46. The van der Waals surface area contributed by atoms with Gasteiger partial charge >= 0.3 is 6.18 Å². The molecule has 6 rings (SSSR count). The molecule has 7 nitrogen and oxygen atoms in total. The fourth-order valence-corrected chi connectivity index (χ4v) is 5.14. The molecule has 1 N–H and O–H groups in total. The molecule has 3 aromatic heterocycles. The number of halogens is 3. The van der Waals surface area contributed by atoms with Gasteiger partial charge in [-0.2, -0.15) is 13.2 Å². The van der Waals surface area contributed by atoms with Crippen molar-refractivity contribution in [2.75, 3.05) is 5.32 Å². The van der Waals surface area contributed by atoms with Crippen molar-refractivity contribution in [3.05, 3.63) is 136 Å². The molecule has 44 heavy (non-hydrogen) atoms. The van der Waals surface area contributed by atoms with E-state index < -0.39 is 17.6 Å². The summed E-state index contributed by atoms with van der Waals surface area (Å²) in [4.78, 5) is 35.9. The molecule has 0 aliphatic rings. The van der Waals surface area contributed by atoms with Crippen LogP contribution in [0.4, 0.5) is 18.9 Å². The average Bonchev–Trinajstić information content (AvgIpc) is 3.44. The van der Waals surface area contributed by atoms with Crippen LogP contribution in [0.5, 0.6) is 0 Å². The van der Waals surface area contributed by atoms with Gasteiger partial charge in [-0.15, -0.1) is 0 Å². The van der Waals surface area contributed by atoms with Crippen LogP contribution in [-0.2, 0) is 6.18 Å². The monoisotopic (exact) mass is 593 g/mol. The first-order valence-corrected chi connectivity index (χ1v) is 13.7. The number of hydrogen-bond donors (Lipinski definition) is 1. The van der Waals surface area contributed by atoms with Gasteiger partial charge in [-0.25, -0.2) is 4.98 Å². The fourth-order valence-electron chi connectivity index (χ4n) is 5.14. The van der Waals surface area contributed by atoms with Crippen LogP contribution in [0.25, 0.3) is 33.4 Å². The van der Waals surface area contributed by atoms with Crippen LogP contribution in [0.1, 0.15) is 32.9 Å². The van der Waals surface area contributed by atoms with E-state index in [0.717, 1.165) is 28.8 Å². The topological polar surface area (TPSA) is 81.8 Å². The molecule has 0 bridgehead atoms. The van der Waals surface area contributed by atoms with Crippen LogP contribution in [0.2, 0.25) is 0 Å². The van der Waals surface area contributed by atoms with E-state index in [-0.39, 0.29) is 16.8 Å². The van der Waals surface area contributed by atoms with Crippen molar-refractivity contribution in [3.63, 3.8) is 0 Å². The Morgan fingerprint density at radius 3 is 2.30 bits per heavy atom. The number of nitrogens with one attached hydrogen (secondary N) is 1. The van der Waals surface area contributed by atoms with Gasteiger partial charge in [0.25, 0.3) is 11.5 Å². The number of fused-ring (bicyclic) bond motifs is 1. The number of aryl methyl sites for hydroxylation is 3. The Bertz CT molecular complexity index is 2110. The summed E-state index contributed by atoms with van der Waals surface area (Å²) in [5.74, 6) is -0.733. The zero-order valence-electron chi connectivity index (χ0n) is 24.0. The molecule has 3 aromatic carbocycles. The summed E-state index contributed by atoms with van der Waals surface area (Å²) in [6.07, 6.45) is 0.00817. The fraction of sp³-hybridized carbons (Fsp3) is 0.118. The van der Waals surface area contributed by atoms with Gasteiger partial charge in [-0.05, 0) is 86.5 Å². The van der Waals surface area contributed by atoms with E-state index in [1.165, 1.54) is 17.0 Å². The van der Waals surface area contributed by atoms with Crippen molar-refractivity contribution in [1.29, 1.82) is 0 Å². The number of amides is 1. The molecule has 1 amide bonds. The number of pyridine rings is 2. The number of hydrogen-bond acceptors (Lipinski definition) is 4. The Hall–Kier alpha value is -5.51. The highest BCUT2D eigenvalue weighted by molar-refractivity contribution is 6.05. The molecule has 10 heteroatoms. The number of imidazole rings is 1. The zero-order valence-corrected chi connectivity index (χ0v) is 24.0. The van der Waals surface area contributed by atoms with Crippen LogP contribution in [-0.4, -0.2) is 25.0 Å². The molecule has 0 aliphatic heterocycles. The van der Waals surface area contributed by atoms with E-state index in [1.54, 1.807) is 48.1 Å². The van der Waals surface area contributed by atoms with Gasteiger partial charge in [-0.3, -0.25) is 19.1 Å². The van der Waals surface area contributed by atoms with Gasteiger partial charge in [-0.1, -0.05) is 24.3 Å². The number of carbonyl (C=O) groups excluding carboxylic acids is 1. The minimum absolute atomic E-state index is 0.150. The Morgan fingerprint density at radius 2 is 1.59 bits per heavy atom. The van der Waals surface area contributed by atoms with E-state index in [0.29, 0.717) is 33.7 Å². The molecule has 6 aromatic rings. The van der Waals surface area contributed by atoms with Crippen molar-refractivity contribution in [2.45, 2.75) is 26.9 Å². The number of carbonyl (C=O) groups is 1. The number of rotatable bonds is 5. The molecule has 0 saturated carbocycles. The molecular formula is C34H26F3N5O2. The first-order chi connectivity index (χ1) is 21.0. The van der Waals surface area contributed by atoms with Gasteiger partial charge in [0.15, 0.2) is 0 Å². The number of benzene rings is 3. The summed E-state index contributed by atoms with van der Waals surface area (Å²) in [6, 6.07) is 21.1. The highest BCUT2D eigenvalue weighted by atomic mass is 19.4. The van der Waals surface area contributed by atoms with Gasteiger partial charge in [0.1, 0.15) is 0 Å². The quantitative estimate of drug-likeness (QED) is 0.225. The van der Waals surface area contributed by atoms with Crippen LogP contribution >= 0.6 is 0 Å². The van der Waals surface area contributed by atoms with Gasteiger partial charge in [0, 0.05) is 51.7 Å². The summed E-state index contributed by atoms with van der Waals surface area (Å²) in [5.41, 5.74) is 3.56. The minimum atomic E-state index is -4.67. The Morgan fingerprint density at radius 1 is 0.818 bits per heavy atom. The molecule has 0 unspecified atom stereocenters. The second-order valence-corrected chi connectivity index (χ2v) is 10.6. The van der Waals surface area contributed by atoms with Crippen LogP contribution in [0, 0.1) is 20.8 Å². The Kier molecular flexibility index (Phi) is 7.12. The number of alkyl halides is 3. The lowest BCUT2D eigenvalue weighted by atomic mass is 9.99. The number of anilines is 1. The lowest BCUT2D eigenvalue weighted by molar-refractivity contribution is -0.137. The van der Waals surface area contributed by atoms with E-state index >= 15 is 0 Å². The smallest absolute Gasteiger partial charge is 0.322 e. The van der Waals surface area contributed by atoms with Crippen molar-refractivity contribution in [2.24, 2.45) is 0 Å². The molecule has 0 atom stereocenters. The number of aromatic nitrogens is 4. The largest absolute Gasteiger partial charge is 0.416 e. The second-order valence-electron chi connectivity index (χ2n) is 10.6. The van der Waals surface area contributed by atoms with Gasteiger partial charge in [0.05, 0.1) is 23.1 Å². The molecule has 0 fully saturated rings. The predicted octanol–water partition coefficient (Wildman–Crippen LogP) is 7.43. The third-order valence-corrected chi connectivity index (χ3v) is 7.34. The molecule has 0 radical (unpaired) electrons. The maximum absolute atomic E-state index is 14.0. The van der Waals surface area contributed by atoms with Gasteiger partial charge < -0.3 is 9.88 Å².